The van der Waals surface area contributed by atoms with E-state index in [4.69, 9.17) is 13.6 Å². The van der Waals surface area contributed by atoms with Crippen LogP contribution in [0.3, 0.4) is 0 Å². The first-order chi connectivity index (χ1) is 17.9. The van der Waals surface area contributed by atoms with Crippen molar-refractivity contribution in [2.75, 3.05) is 6.61 Å². The monoisotopic (exact) mass is 566 g/mol. The zero-order chi connectivity index (χ0) is 28.6. The molecule has 0 aromatic heterocycles. The third-order valence-corrected chi connectivity index (χ3v) is 16.0. The second-order valence-electron chi connectivity index (χ2n) is 15.5. The van der Waals surface area contributed by atoms with Crippen molar-refractivity contribution in [1.82, 2.24) is 0 Å². The van der Waals surface area contributed by atoms with Gasteiger partial charge in [-0.15, -0.1) is 0 Å². The number of ether oxygens (including phenoxy) is 1. The number of fused-ring (bicyclic) bond motifs is 2. The Labute approximate surface area is 238 Å². The lowest BCUT2D eigenvalue weighted by molar-refractivity contribution is -0.249. The number of carbonyl (C=O) groups excluding carboxylic acids is 1. The van der Waals surface area contributed by atoms with Crippen LogP contribution in [0.25, 0.3) is 6.08 Å². The van der Waals surface area contributed by atoms with Crippen LogP contribution in [0.2, 0.25) is 37.8 Å². The van der Waals surface area contributed by atoms with Gasteiger partial charge in [-0.25, -0.2) is 0 Å². The number of benzene rings is 1. The van der Waals surface area contributed by atoms with Crippen molar-refractivity contribution in [2.45, 2.75) is 108 Å². The maximum absolute atomic E-state index is 13.4. The first-order valence-corrected chi connectivity index (χ1v) is 21.3. The Morgan fingerprint density at radius 3 is 2.36 bits per heavy atom. The van der Waals surface area contributed by atoms with Crippen molar-refractivity contribution in [2.24, 2.45) is 23.7 Å². The highest BCUT2D eigenvalue weighted by molar-refractivity contribution is 6.74. The molecule has 214 valence electrons. The van der Waals surface area contributed by atoms with E-state index in [1.807, 2.05) is 6.08 Å². The van der Waals surface area contributed by atoms with Crippen LogP contribution in [0.5, 0.6) is 0 Å². The Hall–Kier alpha value is -1.32. The average Bonchev–Trinajstić information content (AvgIpc) is 3.26. The minimum Gasteiger partial charge on any atom is -0.414 e. The molecule has 6 heteroatoms. The minimum atomic E-state index is -2.02. The highest BCUT2D eigenvalue weighted by Gasteiger charge is 2.75. The summed E-state index contributed by atoms with van der Waals surface area (Å²) >= 11 is 0. The van der Waals surface area contributed by atoms with E-state index in [1.165, 1.54) is 11.1 Å². The minimum absolute atomic E-state index is 0.111. The van der Waals surface area contributed by atoms with Gasteiger partial charge in [0, 0.05) is 24.2 Å². The highest BCUT2D eigenvalue weighted by atomic mass is 28.4. The zero-order valence-corrected chi connectivity index (χ0v) is 27.9. The second kappa shape index (κ2) is 9.35. The summed E-state index contributed by atoms with van der Waals surface area (Å²) in [4.78, 5) is 13.4. The molecule has 4 nitrogen and oxygen atoms in total. The van der Waals surface area contributed by atoms with Crippen LogP contribution >= 0.6 is 0 Å². The van der Waals surface area contributed by atoms with Gasteiger partial charge in [0.15, 0.2) is 22.4 Å². The van der Waals surface area contributed by atoms with Crippen molar-refractivity contribution < 1.29 is 18.4 Å². The first-order valence-electron chi connectivity index (χ1n) is 15.0. The van der Waals surface area contributed by atoms with Gasteiger partial charge in [0.25, 0.3) is 0 Å². The van der Waals surface area contributed by atoms with Crippen LogP contribution in [0.1, 0.15) is 59.4 Å². The predicted octanol–water partition coefficient (Wildman–Crippen LogP) is 8.03. The number of hydrogen-bond donors (Lipinski definition) is 0. The van der Waals surface area contributed by atoms with Crippen LogP contribution < -0.4 is 0 Å². The highest BCUT2D eigenvalue weighted by Crippen LogP contribution is 2.69. The van der Waals surface area contributed by atoms with Gasteiger partial charge < -0.3 is 13.6 Å². The van der Waals surface area contributed by atoms with Crippen LogP contribution in [-0.4, -0.2) is 45.8 Å². The van der Waals surface area contributed by atoms with Crippen molar-refractivity contribution in [3.8, 4) is 0 Å². The molecule has 1 aromatic carbocycles. The molecule has 7 atom stereocenters. The van der Waals surface area contributed by atoms with Gasteiger partial charge in [-0.3, -0.25) is 4.79 Å². The summed E-state index contributed by atoms with van der Waals surface area (Å²) in [5.74, 6) is 0.633. The molecule has 1 aromatic rings. The van der Waals surface area contributed by atoms with Crippen LogP contribution in [0.4, 0.5) is 0 Å². The van der Waals surface area contributed by atoms with E-state index in [0.29, 0.717) is 12.5 Å². The summed E-state index contributed by atoms with van der Waals surface area (Å²) in [6.07, 6.45) is 9.05. The van der Waals surface area contributed by atoms with Crippen LogP contribution in [0, 0.1) is 23.7 Å². The maximum Gasteiger partial charge on any atom is 0.192 e. The molecule has 2 aliphatic carbocycles. The third kappa shape index (κ3) is 4.72. The van der Waals surface area contributed by atoms with E-state index < -0.39 is 33.4 Å². The lowest BCUT2D eigenvalue weighted by Gasteiger charge is -2.58. The van der Waals surface area contributed by atoms with Gasteiger partial charge in [0.2, 0.25) is 0 Å². The molecule has 39 heavy (non-hydrogen) atoms. The molecule has 3 fully saturated rings. The summed E-state index contributed by atoms with van der Waals surface area (Å²) in [7, 11) is -4.04. The third-order valence-electron chi connectivity index (χ3n) is 10.6. The quantitative estimate of drug-likeness (QED) is 0.327. The summed E-state index contributed by atoms with van der Waals surface area (Å²) < 4.78 is 21.9. The fraction of sp³-hybridized carbons (Fsp3) is 0.667. The van der Waals surface area contributed by atoms with Gasteiger partial charge in [0.05, 0.1) is 23.4 Å². The van der Waals surface area contributed by atoms with E-state index in [9.17, 15) is 4.79 Å². The summed E-state index contributed by atoms with van der Waals surface area (Å²) in [6, 6.07) is 10.7. The molecule has 4 aliphatic rings. The van der Waals surface area contributed by atoms with Gasteiger partial charge in [-0.1, -0.05) is 77.1 Å². The van der Waals surface area contributed by atoms with Gasteiger partial charge in [-0.05, 0) is 73.7 Å². The second-order valence-corrected chi connectivity index (χ2v) is 24.7. The molecule has 2 aliphatic heterocycles. The first kappa shape index (κ1) is 29.2. The SMILES string of the molecule is C[C@@H]1C[C@H]2[C@]34O[C@@](CO[Si](C)(C)C(C)(C)C)(C[C@H]3C=CC(=O)[C@H]4C)C[C@]2(O[Si](C)(C)C)/C1=C\c1ccccc1. The lowest BCUT2D eigenvalue weighted by Crippen LogP contribution is -2.67. The molecule has 2 bridgehead atoms. The van der Waals surface area contributed by atoms with Crippen LogP contribution in [0.15, 0.2) is 48.1 Å². The number of hydrogen-bond acceptors (Lipinski definition) is 4. The van der Waals surface area contributed by atoms with E-state index in [2.05, 4.69) is 110 Å². The molecule has 2 saturated heterocycles. The van der Waals surface area contributed by atoms with E-state index in [0.717, 1.165) is 19.3 Å². The lowest BCUT2D eigenvalue weighted by atomic mass is 9.61. The Kier molecular flexibility index (Phi) is 7.00. The standard InChI is InChI=1S/C33H50O4Si2/c1-23-18-29-32(37-38(6,7)8,27(23)19-25-14-12-11-13-15-25)21-31(22-35-39(9,10)30(3,4)5)20-26-16-17-28(34)24(2)33(26,29)36-31/h11-17,19,23-24,26,29H,18,20-22H2,1-10H3/b27-19-/t23-,24-,26-,29-,31+,32+,33-/m1/s1. The predicted molar refractivity (Wildman–Crippen MR) is 165 cm³/mol. The van der Waals surface area contributed by atoms with E-state index in [1.54, 1.807) is 0 Å². The summed E-state index contributed by atoms with van der Waals surface area (Å²) in [5, 5.41) is 0.111. The molecular weight excluding hydrogens is 517 g/mol. The summed E-state index contributed by atoms with van der Waals surface area (Å²) in [5.41, 5.74) is 1.07. The van der Waals surface area contributed by atoms with Crippen molar-refractivity contribution in [3.63, 3.8) is 0 Å². The fourth-order valence-electron chi connectivity index (χ4n) is 7.91. The van der Waals surface area contributed by atoms with Gasteiger partial charge >= 0.3 is 0 Å². The normalized spacial score (nSPS) is 39.2. The molecule has 0 amide bonds. The van der Waals surface area contributed by atoms with Crippen molar-refractivity contribution in [3.05, 3.63) is 53.6 Å². The van der Waals surface area contributed by atoms with Gasteiger partial charge in [-0.2, -0.15) is 0 Å². The maximum atomic E-state index is 13.4. The molecule has 1 saturated carbocycles. The van der Waals surface area contributed by atoms with Gasteiger partial charge in [0.1, 0.15) is 0 Å². The van der Waals surface area contributed by atoms with E-state index >= 15 is 0 Å². The molecule has 1 spiro atoms. The molecule has 5 rings (SSSR count). The number of rotatable bonds is 6. The van der Waals surface area contributed by atoms with Crippen LogP contribution in [-0.2, 0) is 18.4 Å². The average molecular weight is 567 g/mol. The Morgan fingerprint density at radius 1 is 1.08 bits per heavy atom. The number of carbonyl (C=O) groups is 1. The number of allylic oxidation sites excluding steroid dienone is 1. The number of ketones is 1. The molecule has 0 radical (unpaired) electrons. The Morgan fingerprint density at radius 2 is 1.74 bits per heavy atom. The molecular formula is C33H50O4Si2. The summed E-state index contributed by atoms with van der Waals surface area (Å²) in [6.45, 7) is 23.5. The Bertz CT molecular complexity index is 1180. The zero-order valence-electron chi connectivity index (χ0n) is 25.9. The smallest absolute Gasteiger partial charge is 0.192 e. The fourth-order valence-corrected chi connectivity index (χ4v) is 10.4. The molecule has 0 N–H and O–H groups in total. The van der Waals surface area contributed by atoms with Crippen molar-refractivity contribution in [1.29, 1.82) is 0 Å². The largest absolute Gasteiger partial charge is 0.414 e. The van der Waals surface area contributed by atoms with Crippen molar-refractivity contribution >= 4 is 28.5 Å². The molecule has 0 unspecified atom stereocenters. The topological polar surface area (TPSA) is 44.8 Å². The molecule has 2 heterocycles. The van der Waals surface area contributed by atoms with E-state index in [-0.39, 0.29) is 28.6 Å². The Balaban J connectivity index is 1.69.